The number of rotatable bonds is 3. The third kappa shape index (κ3) is 4.18. The van der Waals surface area contributed by atoms with E-state index >= 15 is 0 Å². The third-order valence-corrected chi connectivity index (χ3v) is 3.91. The van der Waals surface area contributed by atoms with Crippen LogP contribution in [0.15, 0.2) is 18.3 Å². The molecule has 0 atom stereocenters. The molecule has 0 bridgehead atoms. The first kappa shape index (κ1) is 13.7. The molecule has 1 fully saturated rings. The van der Waals surface area contributed by atoms with Crippen LogP contribution in [0.3, 0.4) is 0 Å². The fraction of sp³-hybridized carbons (Fsp3) is 0.643. The predicted molar refractivity (Wildman–Crippen MR) is 80.4 cm³/mol. The Bertz CT molecular complexity index is 364. The summed E-state index contributed by atoms with van der Waals surface area (Å²) in [5.74, 6) is 3.55. The Morgan fingerprint density at radius 3 is 2.56 bits per heavy atom. The maximum absolute atomic E-state index is 4.58. The summed E-state index contributed by atoms with van der Waals surface area (Å²) in [5.41, 5.74) is 1.41. The lowest BCUT2D eigenvalue weighted by Gasteiger charge is -2.27. The molecule has 1 aliphatic rings. The molecular formula is C14H23N3S. The topological polar surface area (TPSA) is 28.2 Å². The molecule has 0 radical (unpaired) electrons. The van der Waals surface area contributed by atoms with E-state index < -0.39 is 0 Å². The van der Waals surface area contributed by atoms with Crippen LogP contribution in [0.5, 0.6) is 0 Å². The summed E-state index contributed by atoms with van der Waals surface area (Å²) in [6.07, 6.45) is 2.00. The SMILES string of the molecule is CC(C)(C)NCc1ccc(N2CCSCC2)nc1. The van der Waals surface area contributed by atoms with E-state index in [9.17, 15) is 0 Å². The number of hydrogen-bond donors (Lipinski definition) is 1. The zero-order valence-corrected chi connectivity index (χ0v) is 12.4. The Morgan fingerprint density at radius 1 is 1.28 bits per heavy atom. The molecule has 1 aromatic heterocycles. The van der Waals surface area contributed by atoms with Crippen LogP contribution in [-0.4, -0.2) is 35.1 Å². The van der Waals surface area contributed by atoms with Gasteiger partial charge in [-0.3, -0.25) is 0 Å². The van der Waals surface area contributed by atoms with E-state index in [1.807, 2.05) is 18.0 Å². The van der Waals surface area contributed by atoms with Crippen LogP contribution in [0, 0.1) is 0 Å². The van der Waals surface area contributed by atoms with Crippen LogP contribution in [0.1, 0.15) is 26.3 Å². The highest BCUT2D eigenvalue weighted by Crippen LogP contribution is 2.17. The van der Waals surface area contributed by atoms with Crippen LogP contribution in [0.4, 0.5) is 5.82 Å². The molecule has 4 heteroatoms. The van der Waals surface area contributed by atoms with Gasteiger partial charge in [0.05, 0.1) is 0 Å². The standard InChI is InChI=1S/C14H23N3S/c1-14(2,3)16-11-12-4-5-13(15-10-12)17-6-8-18-9-7-17/h4-5,10,16H,6-9,11H2,1-3H3. The van der Waals surface area contributed by atoms with Crippen molar-refractivity contribution in [1.82, 2.24) is 10.3 Å². The molecule has 0 amide bonds. The van der Waals surface area contributed by atoms with Gasteiger partial charge in [0.2, 0.25) is 0 Å². The lowest BCUT2D eigenvalue weighted by molar-refractivity contribution is 0.424. The molecule has 2 rings (SSSR count). The van der Waals surface area contributed by atoms with Crippen LogP contribution in [0.2, 0.25) is 0 Å². The number of pyridine rings is 1. The van der Waals surface area contributed by atoms with Gasteiger partial charge < -0.3 is 10.2 Å². The molecule has 2 heterocycles. The van der Waals surface area contributed by atoms with E-state index in [1.54, 1.807) is 0 Å². The van der Waals surface area contributed by atoms with Gasteiger partial charge in [0, 0.05) is 42.9 Å². The number of aromatic nitrogens is 1. The van der Waals surface area contributed by atoms with Gasteiger partial charge in [-0.15, -0.1) is 0 Å². The van der Waals surface area contributed by atoms with Gasteiger partial charge in [0.15, 0.2) is 0 Å². The summed E-state index contributed by atoms with van der Waals surface area (Å²) in [5, 5.41) is 3.48. The highest BCUT2D eigenvalue weighted by atomic mass is 32.2. The van der Waals surface area contributed by atoms with E-state index in [4.69, 9.17) is 0 Å². The summed E-state index contributed by atoms with van der Waals surface area (Å²) in [7, 11) is 0. The number of nitrogens with one attached hydrogen (secondary N) is 1. The first-order chi connectivity index (χ1) is 8.54. The van der Waals surface area contributed by atoms with Crippen molar-refractivity contribution >= 4 is 17.6 Å². The normalized spacial score (nSPS) is 16.9. The Hall–Kier alpha value is -0.740. The predicted octanol–water partition coefficient (Wildman–Crippen LogP) is 2.52. The van der Waals surface area contributed by atoms with Gasteiger partial charge in [-0.25, -0.2) is 4.98 Å². The van der Waals surface area contributed by atoms with Gasteiger partial charge >= 0.3 is 0 Å². The van der Waals surface area contributed by atoms with Crippen molar-refractivity contribution in [2.45, 2.75) is 32.9 Å². The molecule has 1 N–H and O–H groups in total. The van der Waals surface area contributed by atoms with Crippen molar-refractivity contribution in [2.75, 3.05) is 29.5 Å². The quantitative estimate of drug-likeness (QED) is 0.909. The van der Waals surface area contributed by atoms with Crippen LogP contribution < -0.4 is 10.2 Å². The second-order valence-corrected chi connectivity index (χ2v) is 6.95. The van der Waals surface area contributed by atoms with Gasteiger partial charge in [0.25, 0.3) is 0 Å². The fourth-order valence-electron chi connectivity index (χ4n) is 1.87. The lowest BCUT2D eigenvalue weighted by Crippen LogP contribution is -2.35. The second kappa shape index (κ2) is 5.93. The molecule has 0 unspecified atom stereocenters. The number of thioether (sulfide) groups is 1. The van der Waals surface area contributed by atoms with Crippen molar-refractivity contribution in [2.24, 2.45) is 0 Å². The molecule has 18 heavy (non-hydrogen) atoms. The molecular weight excluding hydrogens is 242 g/mol. The van der Waals surface area contributed by atoms with Crippen molar-refractivity contribution in [3.8, 4) is 0 Å². The summed E-state index contributed by atoms with van der Waals surface area (Å²) >= 11 is 2.03. The molecule has 1 saturated heterocycles. The molecule has 100 valence electrons. The fourth-order valence-corrected chi connectivity index (χ4v) is 2.77. The van der Waals surface area contributed by atoms with Gasteiger partial charge in [-0.05, 0) is 32.4 Å². The minimum Gasteiger partial charge on any atom is -0.355 e. The minimum atomic E-state index is 0.156. The van der Waals surface area contributed by atoms with Crippen LogP contribution in [-0.2, 0) is 6.54 Å². The average molecular weight is 265 g/mol. The van der Waals surface area contributed by atoms with E-state index in [0.29, 0.717) is 0 Å². The van der Waals surface area contributed by atoms with Crippen molar-refractivity contribution in [1.29, 1.82) is 0 Å². The van der Waals surface area contributed by atoms with E-state index in [-0.39, 0.29) is 5.54 Å². The number of nitrogens with zero attached hydrogens (tertiary/aromatic N) is 2. The number of anilines is 1. The third-order valence-electron chi connectivity index (χ3n) is 2.97. The molecule has 1 aliphatic heterocycles. The molecule has 0 spiro atoms. The summed E-state index contributed by atoms with van der Waals surface area (Å²) in [6, 6.07) is 4.33. The van der Waals surface area contributed by atoms with Gasteiger partial charge in [-0.1, -0.05) is 6.07 Å². The molecule has 0 aliphatic carbocycles. The van der Waals surface area contributed by atoms with Crippen LogP contribution in [0.25, 0.3) is 0 Å². The Morgan fingerprint density at radius 2 is 2.00 bits per heavy atom. The van der Waals surface area contributed by atoms with E-state index in [1.165, 1.54) is 17.1 Å². The smallest absolute Gasteiger partial charge is 0.128 e. The first-order valence-corrected chi connectivity index (χ1v) is 7.73. The minimum absolute atomic E-state index is 0.156. The lowest BCUT2D eigenvalue weighted by atomic mass is 10.1. The molecule has 0 aromatic carbocycles. The summed E-state index contributed by atoms with van der Waals surface area (Å²) in [6.45, 7) is 9.67. The highest BCUT2D eigenvalue weighted by Gasteiger charge is 2.12. The zero-order chi connectivity index (χ0) is 13.0. The Kier molecular flexibility index (Phi) is 4.51. The average Bonchev–Trinajstić information content (AvgIpc) is 2.37. The van der Waals surface area contributed by atoms with Crippen molar-refractivity contribution in [3.63, 3.8) is 0 Å². The maximum Gasteiger partial charge on any atom is 0.128 e. The summed E-state index contributed by atoms with van der Waals surface area (Å²) < 4.78 is 0. The zero-order valence-electron chi connectivity index (χ0n) is 11.6. The molecule has 0 saturated carbocycles. The van der Waals surface area contributed by atoms with Crippen molar-refractivity contribution < 1.29 is 0 Å². The Balaban J connectivity index is 1.92. The van der Waals surface area contributed by atoms with E-state index in [2.05, 4.69) is 48.1 Å². The second-order valence-electron chi connectivity index (χ2n) is 5.73. The van der Waals surface area contributed by atoms with E-state index in [0.717, 1.165) is 25.5 Å². The maximum atomic E-state index is 4.58. The monoisotopic (exact) mass is 265 g/mol. The van der Waals surface area contributed by atoms with Crippen molar-refractivity contribution in [3.05, 3.63) is 23.9 Å². The van der Waals surface area contributed by atoms with Crippen LogP contribution >= 0.6 is 11.8 Å². The Labute approximate surface area is 114 Å². The van der Waals surface area contributed by atoms with Gasteiger partial charge in [-0.2, -0.15) is 11.8 Å². The number of hydrogen-bond acceptors (Lipinski definition) is 4. The highest BCUT2D eigenvalue weighted by molar-refractivity contribution is 7.99. The van der Waals surface area contributed by atoms with Gasteiger partial charge in [0.1, 0.15) is 5.82 Å². The first-order valence-electron chi connectivity index (χ1n) is 6.57. The largest absolute Gasteiger partial charge is 0.355 e. The summed E-state index contributed by atoms with van der Waals surface area (Å²) in [4.78, 5) is 6.95. The molecule has 1 aromatic rings. The molecule has 3 nitrogen and oxygen atoms in total.